The quantitative estimate of drug-likeness (QED) is 0.884. The normalized spacial score (nSPS) is 15.4. The van der Waals surface area contributed by atoms with E-state index in [-0.39, 0.29) is 5.56 Å². The molecule has 0 unspecified atom stereocenters. The molecule has 1 aliphatic rings. The highest BCUT2D eigenvalue weighted by Gasteiger charge is 2.19. The van der Waals surface area contributed by atoms with Crippen LogP contribution in [0.5, 0.6) is 0 Å². The first-order chi connectivity index (χ1) is 8.36. The molecule has 0 aliphatic carbocycles. The maximum atomic E-state index is 12.0. The first-order valence-corrected chi connectivity index (χ1v) is 6.66. The molecule has 0 aromatic carbocycles. The van der Waals surface area contributed by atoms with E-state index in [2.05, 4.69) is 15.1 Å². The lowest BCUT2D eigenvalue weighted by atomic mass is 10.1. The van der Waals surface area contributed by atoms with Gasteiger partial charge in [-0.05, 0) is 29.7 Å². The van der Waals surface area contributed by atoms with Crippen molar-refractivity contribution < 1.29 is 0 Å². The molecule has 0 atom stereocenters. The zero-order chi connectivity index (χ0) is 11.7. The number of nitrogens with one attached hydrogen (secondary N) is 1. The molecule has 0 radical (unpaired) electrons. The standard InChI is InChI=1S/C12H13N3OS/c16-12-11(9-3-6-17-8-9)10(7-13-14-12)15-4-1-2-5-15/h3,6-8H,1-2,4-5H2,(H,14,16). The highest BCUT2D eigenvalue weighted by molar-refractivity contribution is 7.08. The Morgan fingerprint density at radius 2 is 2.18 bits per heavy atom. The molecule has 1 saturated heterocycles. The number of anilines is 1. The summed E-state index contributed by atoms with van der Waals surface area (Å²) in [6.45, 7) is 2.03. The molecule has 2 aromatic rings. The molecule has 1 N–H and O–H groups in total. The van der Waals surface area contributed by atoms with Crippen molar-refractivity contribution in [3.05, 3.63) is 33.4 Å². The predicted molar refractivity (Wildman–Crippen MR) is 69.6 cm³/mol. The van der Waals surface area contributed by atoms with Crippen molar-refractivity contribution in [3.63, 3.8) is 0 Å². The summed E-state index contributed by atoms with van der Waals surface area (Å²) in [7, 11) is 0. The van der Waals surface area contributed by atoms with Crippen LogP contribution >= 0.6 is 11.3 Å². The number of H-pyrrole nitrogens is 1. The third kappa shape index (κ3) is 1.86. The van der Waals surface area contributed by atoms with Crippen LogP contribution < -0.4 is 10.5 Å². The second kappa shape index (κ2) is 4.33. The number of aromatic nitrogens is 2. The van der Waals surface area contributed by atoms with Gasteiger partial charge in [-0.15, -0.1) is 0 Å². The van der Waals surface area contributed by atoms with E-state index in [1.807, 2.05) is 16.8 Å². The van der Waals surface area contributed by atoms with Gasteiger partial charge in [0.15, 0.2) is 0 Å². The lowest BCUT2D eigenvalue weighted by molar-refractivity contribution is 0.924. The molecule has 1 aliphatic heterocycles. The fourth-order valence-electron chi connectivity index (χ4n) is 2.27. The van der Waals surface area contributed by atoms with Gasteiger partial charge in [0.25, 0.3) is 5.56 Å². The molecule has 5 heteroatoms. The first kappa shape index (κ1) is 10.5. The van der Waals surface area contributed by atoms with E-state index >= 15 is 0 Å². The van der Waals surface area contributed by atoms with E-state index in [1.54, 1.807) is 17.5 Å². The monoisotopic (exact) mass is 247 g/mol. The molecular formula is C12H13N3OS. The fourth-order valence-corrected chi connectivity index (χ4v) is 2.92. The molecule has 88 valence electrons. The molecule has 0 amide bonds. The van der Waals surface area contributed by atoms with Gasteiger partial charge in [0.2, 0.25) is 0 Å². The Kier molecular flexibility index (Phi) is 2.68. The molecule has 2 aromatic heterocycles. The van der Waals surface area contributed by atoms with Gasteiger partial charge in [0.1, 0.15) is 0 Å². The second-order valence-electron chi connectivity index (χ2n) is 4.17. The van der Waals surface area contributed by atoms with Crippen molar-refractivity contribution in [2.75, 3.05) is 18.0 Å². The van der Waals surface area contributed by atoms with Crippen molar-refractivity contribution in [1.29, 1.82) is 0 Å². The van der Waals surface area contributed by atoms with Crippen LogP contribution in [0, 0.1) is 0 Å². The Bertz CT molecular complexity index is 555. The van der Waals surface area contributed by atoms with Gasteiger partial charge in [-0.3, -0.25) is 4.79 Å². The number of thiophene rings is 1. The number of rotatable bonds is 2. The Balaban J connectivity index is 2.15. The van der Waals surface area contributed by atoms with Gasteiger partial charge < -0.3 is 4.90 Å². The first-order valence-electron chi connectivity index (χ1n) is 5.71. The molecule has 17 heavy (non-hydrogen) atoms. The van der Waals surface area contributed by atoms with E-state index in [0.29, 0.717) is 0 Å². The fraction of sp³-hybridized carbons (Fsp3) is 0.333. The summed E-state index contributed by atoms with van der Waals surface area (Å²) in [6.07, 6.45) is 4.14. The third-order valence-electron chi connectivity index (χ3n) is 3.09. The minimum atomic E-state index is -0.104. The van der Waals surface area contributed by atoms with Crippen molar-refractivity contribution >= 4 is 17.0 Å². The Hall–Kier alpha value is -1.62. The van der Waals surface area contributed by atoms with Crippen LogP contribution in [0.3, 0.4) is 0 Å². The molecule has 0 spiro atoms. The van der Waals surface area contributed by atoms with Crippen molar-refractivity contribution in [3.8, 4) is 11.1 Å². The van der Waals surface area contributed by atoms with E-state index < -0.39 is 0 Å². The van der Waals surface area contributed by atoms with E-state index in [4.69, 9.17) is 0 Å². The zero-order valence-corrected chi connectivity index (χ0v) is 10.2. The summed E-state index contributed by atoms with van der Waals surface area (Å²) in [4.78, 5) is 14.2. The van der Waals surface area contributed by atoms with Gasteiger partial charge in [0.05, 0.1) is 17.4 Å². The van der Waals surface area contributed by atoms with E-state index in [0.717, 1.165) is 29.9 Å². The van der Waals surface area contributed by atoms with Gasteiger partial charge in [-0.2, -0.15) is 16.4 Å². The molecule has 3 heterocycles. The van der Waals surface area contributed by atoms with Crippen molar-refractivity contribution in [1.82, 2.24) is 10.2 Å². The van der Waals surface area contributed by atoms with Crippen LogP contribution in [0.1, 0.15) is 12.8 Å². The van der Waals surface area contributed by atoms with E-state index in [1.165, 1.54) is 12.8 Å². The van der Waals surface area contributed by atoms with Gasteiger partial charge in [-0.1, -0.05) is 0 Å². The summed E-state index contributed by atoms with van der Waals surface area (Å²) in [6, 6.07) is 1.98. The number of nitrogens with zero attached hydrogens (tertiary/aromatic N) is 2. The molecule has 0 bridgehead atoms. The summed E-state index contributed by atoms with van der Waals surface area (Å²) in [5, 5.41) is 10.4. The van der Waals surface area contributed by atoms with Crippen LogP contribution in [0.25, 0.3) is 11.1 Å². The van der Waals surface area contributed by atoms with Gasteiger partial charge >= 0.3 is 0 Å². The van der Waals surface area contributed by atoms with Crippen LogP contribution in [0.2, 0.25) is 0 Å². The summed E-state index contributed by atoms with van der Waals surface area (Å²) < 4.78 is 0. The Morgan fingerprint density at radius 1 is 1.35 bits per heavy atom. The minimum Gasteiger partial charge on any atom is -0.370 e. The predicted octanol–water partition coefficient (Wildman–Crippen LogP) is 2.10. The van der Waals surface area contributed by atoms with Crippen LogP contribution in [-0.4, -0.2) is 23.3 Å². The van der Waals surface area contributed by atoms with Crippen LogP contribution in [0.4, 0.5) is 5.69 Å². The van der Waals surface area contributed by atoms with Crippen LogP contribution in [0.15, 0.2) is 27.8 Å². The van der Waals surface area contributed by atoms with Gasteiger partial charge in [0, 0.05) is 18.7 Å². The molecule has 4 nitrogen and oxygen atoms in total. The zero-order valence-electron chi connectivity index (χ0n) is 9.35. The lowest BCUT2D eigenvalue weighted by Gasteiger charge is -2.19. The third-order valence-corrected chi connectivity index (χ3v) is 3.78. The number of hydrogen-bond acceptors (Lipinski definition) is 4. The summed E-state index contributed by atoms with van der Waals surface area (Å²) in [5.74, 6) is 0. The topological polar surface area (TPSA) is 49.0 Å². The summed E-state index contributed by atoms with van der Waals surface area (Å²) in [5.41, 5.74) is 2.60. The maximum Gasteiger partial charge on any atom is 0.274 e. The maximum absolute atomic E-state index is 12.0. The largest absolute Gasteiger partial charge is 0.370 e. The Labute approximate surface area is 103 Å². The Morgan fingerprint density at radius 3 is 2.88 bits per heavy atom. The second-order valence-corrected chi connectivity index (χ2v) is 4.95. The molecule has 0 saturated carbocycles. The molecule has 3 rings (SSSR count). The number of hydrogen-bond donors (Lipinski definition) is 1. The van der Waals surface area contributed by atoms with Crippen molar-refractivity contribution in [2.45, 2.75) is 12.8 Å². The van der Waals surface area contributed by atoms with Crippen LogP contribution in [-0.2, 0) is 0 Å². The highest BCUT2D eigenvalue weighted by Crippen LogP contribution is 2.30. The SMILES string of the molecule is O=c1[nH]ncc(N2CCCC2)c1-c1ccsc1. The van der Waals surface area contributed by atoms with E-state index in [9.17, 15) is 4.79 Å². The molecule has 1 fully saturated rings. The minimum absolute atomic E-state index is 0.104. The smallest absolute Gasteiger partial charge is 0.274 e. The lowest BCUT2D eigenvalue weighted by Crippen LogP contribution is -2.23. The molecular weight excluding hydrogens is 234 g/mol. The average molecular weight is 247 g/mol. The summed E-state index contributed by atoms with van der Waals surface area (Å²) >= 11 is 1.60. The number of aromatic amines is 1. The average Bonchev–Trinajstić information content (AvgIpc) is 3.02. The van der Waals surface area contributed by atoms with Crippen molar-refractivity contribution in [2.24, 2.45) is 0 Å². The highest BCUT2D eigenvalue weighted by atomic mass is 32.1. The van der Waals surface area contributed by atoms with Gasteiger partial charge in [-0.25, -0.2) is 5.10 Å².